The smallest absolute Gasteiger partial charge is 0.409 e. The molecule has 23 heavy (non-hydrogen) atoms. The Bertz CT molecular complexity index is 521. The Morgan fingerprint density at radius 1 is 1.13 bits per heavy atom. The topological polar surface area (TPSA) is 47.6 Å². The number of carbonyl (C=O) groups excluding carboxylic acids is 1. The highest BCUT2D eigenvalue weighted by atomic mass is 19.4. The monoisotopic (exact) mass is 333 g/mol. The minimum absolute atomic E-state index is 0.239. The maximum atomic E-state index is 13.3. The van der Waals surface area contributed by atoms with Crippen molar-refractivity contribution in [1.82, 2.24) is 0 Å². The fourth-order valence-electron chi connectivity index (χ4n) is 1.89. The van der Waals surface area contributed by atoms with Crippen LogP contribution in [0.1, 0.15) is 27.7 Å². The summed E-state index contributed by atoms with van der Waals surface area (Å²) in [5.41, 5.74) is -0.606. The molecule has 0 radical (unpaired) electrons. The summed E-state index contributed by atoms with van der Waals surface area (Å²) in [6.07, 6.45) is -4.60. The molecule has 7 heteroatoms. The van der Waals surface area contributed by atoms with Crippen LogP contribution in [-0.4, -0.2) is 30.9 Å². The molecule has 0 bridgehead atoms. The van der Waals surface area contributed by atoms with Crippen molar-refractivity contribution in [2.45, 2.75) is 45.5 Å². The molecule has 0 spiro atoms. The molecule has 1 N–H and O–H groups in total. The van der Waals surface area contributed by atoms with Crippen molar-refractivity contribution < 1.29 is 27.4 Å². The first kappa shape index (κ1) is 19.1. The predicted molar refractivity (Wildman–Crippen MR) is 81.5 cm³/mol. The van der Waals surface area contributed by atoms with Gasteiger partial charge in [0.05, 0.1) is 13.0 Å². The van der Waals surface area contributed by atoms with Crippen LogP contribution in [0.15, 0.2) is 24.3 Å². The number of rotatable bonds is 5. The van der Waals surface area contributed by atoms with Crippen LogP contribution in [0.2, 0.25) is 0 Å². The van der Waals surface area contributed by atoms with Gasteiger partial charge in [-0.2, -0.15) is 13.2 Å². The number of esters is 1. The summed E-state index contributed by atoms with van der Waals surface area (Å²) < 4.78 is 49.9. The SMILES string of the molecule is COc1ccc(N[C@@H]([C@@H](C)C(=O)OC(C)(C)C)C(F)(F)F)cc1. The fraction of sp³-hybridized carbons (Fsp3) is 0.562. The number of methoxy groups -OCH3 is 1. The Labute approximate surface area is 134 Å². The van der Waals surface area contributed by atoms with Crippen LogP contribution < -0.4 is 10.1 Å². The summed E-state index contributed by atoms with van der Waals surface area (Å²) in [7, 11) is 1.46. The van der Waals surface area contributed by atoms with Crippen molar-refractivity contribution in [1.29, 1.82) is 0 Å². The quantitative estimate of drug-likeness (QED) is 0.827. The largest absolute Gasteiger partial charge is 0.497 e. The normalized spacial score (nSPS) is 14.8. The Hall–Kier alpha value is -1.92. The second-order valence-electron chi connectivity index (χ2n) is 6.21. The highest BCUT2D eigenvalue weighted by Gasteiger charge is 2.46. The molecule has 0 saturated heterocycles. The second kappa shape index (κ2) is 7.10. The van der Waals surface area contributed by atoms with E-state index in [1.54, 1.807) is 20.8 Å². The number of alkyl halides is 3. The Kier molecular flexibility index (Phi) is 5.91. The van der Waals surface area contributed by atoms with Crippen LogP contribution in [0, 0.1) is 5.92 Å². The van der Waals surface area contributed by atoms with Crippen molar-refractivity contribution in [3.63, 3.8) is 0 Å². The van der Waals surface area contributed by atoms with Gasteiger partial charge < -0.3 is 14.8 Å². The summed E-state index contributed by atoms with van der Waals surface area (Å²) in [5, 5.41) is 2.36. The molecule has 1 aromatic carbocycles. The van der Waals surface area contributed by atoms with Gasteiger partial charge in [-0.1, -0.05) is 0 Å². The minimum atomic E-state index is -4.60. The van der Waals surface area contributed by atoms with E-state index in [0.29, 0.717) is 5.75 Å². The number of benzene rings is 1. The number of ether oxygens (including phenoxy) is 2. The van der Waals surface area contributed by atoms with Gasteiger partial charge in [0.15, 0.2) is 0 Å². The number of hydrogen-bond acceptors (Lipinski definition) is 4. The molecule has 0 fully saturated rings. The Morgan fingerprint density at radius 2 is 1.65 bits per heavy atom. The molecule has 2 atom stereocenters. The molecule has 0 aliphatic rings. The molecule has 0 amide bonds. The number of nitrogens with one attached hydrogen (secondary N) is 1. The first-order valence-electron chi connectivity index (χ1n) is 7.14. The van der Waals surface area contributed by atoms with Crippen molar-refractivity contribution in [2.75, 3.05) is 12.4 Å². The van der Waals surface area contributed by atoms with Gasteiger partial charge in [-0.15, -0.1) is 0 Å². The summed E-state index contributed by atoms with van der Waals surface area (Å²) >= 11 is 0. The summed E-state index contributed by atoms with van der Waals surface area (Å²) in [6, 6.07) is 3.94. The van der Waals surface area contributed by atoms with Gasteiger partial charge in [-0.3, -0.25) is 4.79 Å². The fourth-order valence-corrected chi connectivity index (χ4v) is 1.89. The lowest BCUT2D eigenvalue weighted by Crippen LogP contribution is -2.46. The van der Waals surface area contributed by atoms with E-state index in [2.05, 4.69) is 5.32 Å². The standard InChI is InChI=1S/C16H22F3NO3/c1-10(14(21)23-15(2,3)4)13(16(17,18)19)20-11-6-8-12(22-5)9-7-11/h6-10,13,20H,1-5H3/t10-,13+/m1/s1. The Balaban J connectivity index is 2.93. The highest BCUT2D eigenvalue weighted by Crippen LogP contribution is 2.30. The van der Waals surface area contributed by atoms with Crippen LogP contribution in [0.5, 0.6) is 5.75 Å². The van der Waals surface area contributed by atoms with Gasteiger partial charge in [0, 0.05) is 5.69 Å². The van der Waals surface area contributed by atoms with E-state index in [-0.39, 0.29) is 5.69 Å². The first-order chi connectivity index (χ1) is 10.4. The van der Waals surface area contributed by atoms with Crippen molar-refractivity contribution in [3.05, 3.63) is 24.3 Å². The van der Waals surface area contributed by atoms with Crippen LogP contribution in [0.3, 0.4) is 0 Å². The summed E-state index contributed by atoms with van der Waals surface area (Å²) in [6.45, 7) is 6.02. The average molecular weight is 333 g/mol. The van der Waals surface area contributed by atoms with E-state index < -0.39 is 29.7 Å². The maximum Gasteiger partial charge on any atom is 0.409 e. The predicted octanol–water partition coefficient (Wildman–Crippen LogP) is 4.02. The van der Waals surface area contributed by atoms with Crippen LogP contribution in [-0.2, 0) is 9.53 Å². The molecule has 0 aliphatic heterocycles. The van der Waals surface area contributed by atoms with Gasteiger partial charge in [0.2, 0.25) is 0 Å². The first-order valence-corrected chi connectivity index (χ1v) is 7.14. The van der Waals surface area contributed by atoms with Crippen molar-refractivity contribution in [2.24, 2.45) is 5.92 Å². The van der Waals surface area contributed by atoms with Gasteiger partial charge in [-0.05, 0) is 52.0 Å². The number of hydrogen-bond donors (Lipinski definition) is 1. The maximum absolute atomic E-state index is 13.3. The number of anilines is 1. The lowest BCUT2D eigenvalue weighted by Gasteiger charge is -2.29. The van der Waals surface area contributed by atoms with Crippen LogP contribution >= 0.6 is 0 Å². The lowest BCUT2D eigenvalue weighted by molar-refractivity contribution is -0.178. The molecular weight excluding hydrogens is 311 g/mol. The molecule has 0 aliphatic carbocycles. The molecule has 1 rings (SSSR count). The molecule has 0 aromatic heterocycles. The minimum Gasteiger partial charge on any atom is -0.497 e. The van der Waals surface area contributed by atoms with E-state index in [1.807, 2.05) is 0 Å². The molecule has 0 unspecified atom stereocenters. The zero-order valence-electron chi connectivity index (χ0n) is 13.8. The second-order valence-corrected chi connectivity index (χ2v) is 6.21. The van der Waals surface area contributed by atoms with Crippen LogP contribution in [0.25, 0.3) is 0 Å². The van der Waals surface area contributed by atoms with Crippen molar-refractivity contribution in [3.8, 4) is 5.75 Å². The molecule has 1 aromatic rings. The zero-order valence-corrected chi connectivity index (χ0v) is 13.8. The van der Waals surface area contributed by atoms with Crippen LogP contribution in [0.4, 0.5) is 18.9 Å². The molecule has 130 valence electrons. The van der Waals surface area contributed by atoms with Gasteiger partial charge in [0.25, 0.3) is 0 Å². The Morgan fingerprint density at radius 3 is 2.04 bits per heavy atom. The van der Waals surface area contributed by atoms with E-state index >= 15 is 0 Å². The molecule has 0 heterocycles. The zero-order chi connectivity index (χ0) is 17.8. The van der Waals surface area contributed by atoms with Gasteiger partial charge >= 0.3 is 12.1 Å². The molecular formula is C16H22F3NO3. The third-order valence-electron chi connectivity index (χ3n) is 3.04. The van der Waals surface area contributed by atoms with E-state index in [9.17, 15) is 18.0 Å². The average Bonchev–Trinajstić information content (AvgIpc) is 2.41. The molecule has 4 nitrogen and oxygen atoms in total. The van der Waals surface area contributed by atoms with Gasteiger partial charge in [0.1, 0.15) is 17.4 Å². The highest BCUT2D eigenvalue weighted by molar-refractivity contribution is 5.74. The van der Waals surface area contributed by atoms with E-state index in [4.69, 9.17) is 9.47 Å². The number of carbonyl (C=O) groups is 1. The summed E-state index contributed by atoms with van der Waals surface area (Å²) in [5.74, 6) is -1.77. The van der Waals surface area contributed by atoms with E-state index in [0.717, 1.165) is 0 Å². The van der Waals surface area contributed by atoms with E-state index in [1.165, 1.54) is 38.3 Å². The number of halogens is 3. The van der Waals surface area contributed by atoms with Gasteiger partial charge in [-0.25, -0.2) is 0 Å². The molecule has 0 saturated carbocycles. The summed E-state index contributed by atoms with van der Waals surface area (Å²) in [4.78, 5) is 12.0. The lowest BCUT2D eigenvalue weighted by atomic mass is 10.0. The van der Waals surface area contributed by atoms with Crippen molar-refractivity contribution >= 4 is 11.7 Å². The third kappa shape index (κ3) is 6.00. The third-order valence-corrected chi connectivity index (χ3v) is 3.04.